The third-order valence-electron chi connectivity index (χ3n) is 5.14. The molecule has 31 heavy (non-hydrogen) atoms. The minimum Gasteiger partial charge on any atom is -0.365 e. The van der Waals surface area contributed by atoms with E-state index >= 15 is 0 Å². The number of morpholine rings is 1. The zero-order valence-electron chi connectivity index (χ0n) is 16.5. The largest absolute Gasteiger partial charge is 0.434 e. The molecule has 0 spiro atoms. The summed E-state index contributed by atoms with van der Waals surface area (Å²) in [7, 11) is 0. The van der Waals surface area contributed by atoms with Crippen LogP contribution >= 0.6 is 0 Å². The van der Waals surface area contributed by atoms with E-state index in [0.717, 1.165) is 24.5 Å². The Balaban J connectivity index is 1.48. The summed E-state index contributed by atoms with van der Waals surface area (Å²) >= 11 is 0. The number of hydrogen-bond acceptors (Lipinski definition) is 7. The van der Waals surface area contributed by atoms with Crippen molar-refractivity contribution in [3.8, 4) is 11.5 Å². The van der Waals surface area contributed by atoms with E-state index in [1.807, 2.05) is 19.2 Å². The maximum atomic E-state index is 13.1. The molecule has 2 atom stereocenters. The number of anilines is 1. The summed E-state index contributed by atoms with van der Waals surface area (Å²) in [6.07, 6.45) is 4.94. The molecular weight excluding hydrogens is 411 g/mol. The van der Waals surface area contributed by atoms with Gasteiger partial charge in [0, 0.05) is 31.6 Å². The first-order valence-corrected chi connectivity index (χ1v) is 9.75. The average molecular weight is 429 g/mol. The second-order valence-electron chi connectivity index (χ2n) is 7.40. The molecule has 2 aliphatic rings. The van der Waals surface area contributed by atoms with E-state index in [4.69, 9.17) is 4.74 Å². The highest BCUT2D eigenvalue weighted by Crippen LogP contribution is 2.29. The van der Waals surface area contributed by atoms with E-state index in [-0.39, 0.29) is 23.7 Å². The number of aromatic nitrogens is 5. The standard InChI is InChI=1S/C20H18F3N7O/c1-12-9-29(10-15(31-12)13-3-2-5-24-13)17-4-6-25-19(28-17)14-7-27-18-8-26-16(11-30(14)18)20(21,22)23/h3-8,11-12,15H,2,9-10H2,1H3. The fourth-order valence-electron chi connectivity index (χ4n) is 3.75. The molecule has 3 aromatic rings. The first-order valence-electron chi connectivity index (χ1n) is 9.75. The van der Waals surface area contributed by atoms with E-state index < -0.39 is 11.9 Å². The second-order valence-corrected chi connectivity index (χ2v) is 7.40. The zero-order valence-corrected chi connectivity index (χ0v) is 16.5. The quantitative estimate of drug-likeness (QED) is 0.636. The molecule has 11 heteroatoms. The van der Waals surface area contributed by atoms with E-state index in [0.29, 0.717) is 24.6 Å². The van der Waals surface area contributed by atoms with Crippen molar-refractivity contribution in [3.63, 3.8) is 0 Å². The molecule has 0 bridgehead atoms. The minimum atomic E-state index is -4.56. The summed E-state index contributed by atoms with van der Waals surface area (Å²) < 4.78 is 46.6. The number of halogens is 3. The van der Waals surface area contributed by atoms with Crippen LogP contribution < -0.4 is 4.90 Å². The minimum absolute atomic E-state index is 0.0370. The molecule has 2 unspecified atom stereocenters. The molecule has 0 aliphatic carbocycles. The van der Waals surface area contributed by atoms with Gasteiger partial charge >= 0.3 is 6.18 Å². The lowest BCUT2D eigenvalue weighted by atomic mass is 10.1. The first-order chi connectivity index (χ1) is 14.9. The number of allylic oxidation sites excluding steroid dienone is 1. The van der Waals surface area contributed by atoms with Gasteiger partial charge in [-0.25, -0.2) is 19.9 Å². The molecular formula is C20H18F3N7O. The fraction of sp³-hybridized carbons (Fsp3) is 0.350. The van der Waals surface area contributed by atoms with E-state index in [9.17, 15) is 13.2 Å². The van der Waals surface area contributed by atoms with Gasteiger partial charge in [0.05, 0.1) is 30.7 Å². The molecule has 3 aromatic heterocycles. The lowest BCUT2D eigenvalue weighted by Crippen LogP contribution is -2.47. The van der Waals surface area contributed by atoms with Gasteiger partial charge in [-0.05, 0) is 13.0 Å². The van der Waals surface area contributed by atoms with Crippen LogP contribution in [0.2, 0.25) is 0 Å². The Hall–Kier alpha value is -3.34. The van der Waals surface area contributed by atoms with E-state index in [1.165, 1.54) is 10.6 Å². The van der Waals surface area contributed by atoms with E-state index in [1.54, 1.807) is 12.3 Å². The molecule has 2 aliphatic heterocycles. The van der Waals surface area contributed by atoms with Gasteiger partial charge in [0.15, 0.2) is 17.2 Å². The Bertz CT molecular complexity index is 1190. The van der Waals surface area contributed by atoms with Crippen LogP contribution in [0.1, 0.15) is 19.0 Å². The molecule has 0 aromatic carbocycles. The number of hydrogen-bond donors (Lipinski definition) is 0. The molecule has 1 fully saturated rings. The van der Waals surface area contributed by atoms with Crippen LogP contribution in [0.4, 0.5) is 19.0 Å². The van der Waals surface area contributed by atoms with Crippen LogP contribution in [-0.4, -0.2) is 55.8 Å². The van der Waals surface area contributed by atoms with Crippen molar-refractivity contribution in [2.75, 3.05) is 18.0 Å². The monoisotopic (exact) mass is 429 g/mol. The molecule has 160 valence electrons. The Morgan fingerprint density at radius 3 is 2.77 bits per heavy atom. The normalized spacial score (nSPS) is 21.7. The topological polar surface area (TPSA) is 80.8 Å². The van der Waals surface area contributed by atoms with Crippen molar-refractivity contribution in [2.45, 2.75) is 31.7 Å². The molecule has 5 heterocycles. The van der Waals surface area contributed by atoms with Gasteiger partial charge in [-0.15, -0.1) is 0 Å². The van der Waals surface area contributed by atoms with Crippen LogP contribution in [0.25, 0.3) is 17.2 Å². The van der Waals surface area contributed by atoms with Crippen LogP contribution in [-0.2, 0) is 10.9 Å². The predicted molar refractivity (Wildman–Crippen MR) is 107 cm³/mol. The van der Waals surface area contributed by atoms with Gasteiger partial charge in [-0.1, -0.05) is 6.08 Å². The van der Waals surface area contributed by atoms with E-state index in [2.05, 4.69) is 29.8 Å². The molecule has 1 saturated heterocycles. The van der Waals surface area contributed by atoms with Gasteiger partial charge in [0.25, 0.3) is 0 Å². The summed E-state index contributed by atoms with van der Waals surface area (Å²) in [5.74, 6) is 0.936. The van der Waals surface area contributed by atoms with Crippen molar-refractivity contribution in [1.82, 2.24) is 24.3 Å². The van der Waals surface area contributed by atoms with Gasteiger partial charge in [0.1, 0.15) is 17.6 Å². The second kappa shape index (κ2) is 7.41. The summed E-state index contributed by atoms with van der Waals surface area (Å²) in [6, 6.07) is 1.77. The number of fused-ring (bicyclic) bond motifs is 1. The molecule has 0 saturated carbocycles. The maximum Gasteiger partial charge on any atom is 0.434 e. The summed E-state index contributed by atoms with van der Waals surface area (Å²) in [4.78, 5) is 22.9. The molecule has 0 N–H and O–H groups in total. The van der Waals surface area contributed by atoms with Crippen LogP contribution in [0, 0.1) is 0 Å². The predicted octanol–water partition coefficient (Wildman–Crippen LogP) is 3.16. The lowest BCUT2D eigenvalue weighted by Gasteiger charge is -2.37. The van der Waals surface area contributed by atoms with Crippen LogP contribution in [0.5, 0.6) is 0 Å². The highest BCUT2D eigenvalue weighted by molar-refractivity contribution is 5.65. The number of ether oxygens (including phenoxy) is 1. The Morgan fingerprint density at radius 2 is 2.00 bits per heavy atom. The molecule has 0 radical (unpaired) electrons. The first kappa shape index (κ1) is 19.6. The highest BCUT2D eigenvalue weighted by atomic mass is 19.4. The molecule has 8 nitrogen and oxygen atoms in total. The lowest BCUT2D eigenvalue weighted by molar-refractivity contribution is -0.141. The Labute approximate surface area is 175 Å². The van der Waals surface area contributed by atoms with Gasteiger partial charge in [0.2, 0.25) is 0 Å². The molecule has 5 rings (SSSR count). The SMILES string of the molecule is CC1CN(c2ccnc(-c3cnc4cnc(C(F)(F)F)cn34)n2)CC(C2=CCC=N2)O1. The number of aliphatic imine (C=N–C) groups is 1. The Morgan fingerprint density at radius 1 is 1.13 bits per heavy atom. The summed E-state index contributed by atoms with van der Waals surface area (Å²) in [5.41, 5.74) is 0.527. The van der Waals surface area contributed by atoms with Gasteiger partial charge in [-0.3, -0.25) is 9.39 Å². The van der Waals surface area contributed by atoms with Crippen molar-refractivity contribution in [3.05, 3.63) is 48.3 Å². The number of alkyl halides is 3. The van der Waals surface area contributed by atoms with Crippen LogP contribution in [0.15, 0.2) is 47.6 Å². The van der Waals surface area contributed by atoms with Crippen molar-refractivity contribution in [2.24, 2.45) is 4.99 Å². The molecule has 0 amide bonds. The zero-order chi connectivity index (χ0) is 21.6. The smallest absolute Gasteiger partial charge is 0.365 e. The summed E-state index contributed by atoms with van der Waals surface area (Å²) in [5, 5.41) is 0. The highest BCUT2D eigenvalue weighted by Gasteiger charge is 2.33. The van der Waals surface area contributed by atoms with Crippen molar-refractivity contribution < 1.29 is 17.9 Å². The average Bonchev–Trinajstić information content (AvgIpc) is 3.42. The van der Waals surface area contributed by atoms with Gasteiger partial charge in [-0.2, -0.15) is 13.2 Å². The fourth-order valence-corrected chi connectivity index (χ4v) is 3.75. The third-order valence-corrected chi connectivity index (χ3v) is 5.14. The number of rotatable bonds is 3. The maximum absolute atomic E-state index is 13.1. The van der Waals surface area contributed by atoms with Crippen molar-refractivity contribution >= 4 is 17.7 Å². The van der Waals surface area contributed by atoms with Crippen LogP contribution in [0.3, 0.4) is 0 Å². The van der Waals surface area contributed by atoms with Crippen molar-refractivity contribution in [1.29, 1.82) is 0 Å². The third kappa shape index (κ3) is 3.76. The number of imidazole rings is 1. The Kier molecular flexibility index (Phi) is 4.69. The number of nitrogens with zero attached hydrogens (tertiary/aromatic N) is 7. The summed E-state index contributed by atoms with van der Waals surface area (Å²) in [6.45, 7) is 3.18. The van der Waals surface area contributed by atoms with Gasteiger partial charge < -0.3 is 9.64 Å².